The number of rotatable bonds is 4. The highest BCUT2D eigenvalue weighted by Crippen LogP contribution is 2.19. The van der Waals surface area contributed by atoms with Crippen molar-refractivity contribution in [3.05, 3.63) is 0 Å². The van der Waals surface area contributed by atoms with Gasteiger partial charge in [0.2, 0.25) is 5.91 Å². The summed E-state index contributed by atoms with van der Waals surface area (Å²) < 4.78 is 5.40. The lowest BCUT2D eigenvalue weighted by Gasteiger charge is -2.35. The van der Waals surface area contributed by atoms with E-state index in [1.165, 1.54) is 0 Å². The Hall–Kier alpha value is -1.30. The standard InChI is InChI=1S/C15H29N3O3/c1-14(2,3)21-13(20)18-8-6-7-11(10-18)9-17-15(4,5)12(16)19/h11,17H,6-10H2,1-5H3,(H2,16,19). The van der Waals surface area contributed by atoms with E-state index < -0.39 is 11.1 Å². The fraction of sp³-hybridized carbons (Fsp3) is 0.867. The third-order valence-corrected chi connectivity index (χ3v) is 3.62. The van der Waals surface area contributed by atoms with Gasteiger partial charge in [0.1, 0.15) is 5.60 Å². The molecule has 21 heavy (non-hydrogen) atoms. The van der Waals surface area contributed by atoms with Gasteiger partial charge in [-0.05, 0) is 53.4 Å². The summed E-state index contributed by atoms with van der Waals surface area (Å²) in [6.07, 6.45) is 1.71. The van der Waals surface area contributed by atoms with Crippen molar-refractivity contribution in [3.63, 3.8) is 0 Å². The molecular formula is C15H29N3O3. The van der Waals surface area contributed by atoms with Crippen LogP contribution in [0.2, 0.25) is 0 Å². The van der Waals surface area contributed by atoms with Gasteiger partial charge in [0.25, 0.3) is 0 Å². The highest BCUT2D eigenvalue weighted by atomic mass is 16.6. The Balaban J connectivity index is 2.49. The number of piperidine rings is 1. The summed E-state index contributed by atoms with van der Waals surface area (Å²) in [5, 5.41) is 3.18. The van der Waals surface area contributed by atoms with E-state index in [0.717, 1.165) is 19.4 Å². The largest absolute Gasteiger partial charge is 0.444 e. The van der Waals surface area contributed by atoms with E-state index in [-0.39, 0.29) is 12.0 Å². The Kier molecular flexibility index (Phi) is 5.61. The molecule has 3 N–H and O–H groups in total. The molecule has 1 aliphatic rings. The molecule has 1 atom stereocenters. The summed E-state index contributed by atoms with van der Waals surface area (Å²) in [5.74, 6) is -0.0628. The van der Waals surface area contributed by atoms with E-state index in [1.807, 2.05) is 20.8 Å². The summed E-state index contributed by atoms with van der Waals surface area (Å²) in [6, 6.07) is 0. The van der Waals surface area contributed by atoms with Crippen LogP contribution in [-0.4, -0.2) is 47.7 Å². The van der Waals surface area contributed by atoms with Crippen LogP contribution in [0.3, 0.4) is 0 Å². The third-order valence-electron chi connectivity index (χ3n) is 3.62. The molecule has 1 heterocycles. The van der Waals surface area contributed by atoms with E-state index in [4.69, 9.17) is 10.5 Å². The van der Waals surface area contributed by atoms with Gasteiger partial charge in [-0.25, -0.2) is 4.79 Å². The lowest BCUT2D eigenvalue weighted by molar-refractivity contribution is -0.123. The minimum absolute atomic E-state index is 0.263. The molecule has 0 aromatic rings. The Labute approximate surface area is 127 Å². The van der Waals surface area contributed by atoms with Crippen LogP contribution in [0, 0.1) is 5.92 Å². The van der Waals surface area contributed by atoms with E-state index in [0.29, 0.717) is 19.0 Å². The zero-order valence-corrected chi connectivity index (χ0v) is 13.9. The van der Waals surface area contributed by atoms with Crippen molar-refractivity contribution in [3.8, 4) is 0 Å². The van der Waals surface area contributed by atoms with Crippen LogP contribution in [0.4, 0.5) is 4.79 Å². The van der Waals surface area contributed by atoms with Crippen molar-refractivity contribution in [2.24, 2.45) is 11.7 Å². The normalized spacial score (nSPS) is 20.2. The summed E-state index contributed by atoms with van der Waals surface area (Å²) in [4.78, 5) is 25.1. The molecule has 122 valence electrons. The molecule has 1 fully saturated rings. The first-order valence-electron chi connectivity index (χ1n) is 7.54. The number of carbonyl (C=O) groups excluding carboxylic acids is 2. The van der Waals surface area contributed by atoms with Crippen LogP contribution in [0.25, 0.3) is 0 Å². The summed E-state index contributed by atoms with van der Waals surface area (Å²) in [5.41, 5.74) is 4.14. The highest BCUT2D eigenvalue weighted by molar-refractivity contribution is 5.83. The van der Waals surface area contributed by atoms with Gasteiger partial charge in [0.05, 0.1) is 5.54 Å². The first-order valence-corrected chi connectivity index (χ1v) is 7.54. The highest BCUT2D eigenvalue weighted by Gasteiger charge is 2.30. The van der Waals surface area contributed by atoms with Gasteiger partial charge in [0, 0.05) is 19.6 Å². The fourth-order valence-corrected chi connectivity index (χ4v) is 2.21. The number of carbonyl (C=O) groups is 2. The van der Waals surface area contributed by atoms with Crippen LogP contribution >= 0.6 is 0 Å². The third kappa shape index (κ3) is 5.91. The number of nitrogens with zero attached hydrogens (tertiary/aromatic N) is 1. The van der Waals surface area contributed by atoms with Crippen molar-refractivity contribution in [1.82, 2.24) is 10.2 Å². The van der Waals surface area contributed by atoms with Crippen LogP contribution in [0.5, 0.6) is 0 Å². The molecule has 2 amide bonds. The zero-order valence-electron chi connectivity index (χ0n) is 13.9. The maximum atomic E-state index is 12.1. The van der Waals surface area contributed by atoms with Crippen LogP contribution in [-0.2, 0) is 9.53 Å². The van der Waals surface area contributed by atoms with Gasteiger partial charge in [-0.15, -0.1) is 0 Å². The van der Waals surface area contributed by atoms with E-state index >= 15 is 0 Å². The van der Waals surface area contributed by atoms with Gasteiger partial charge in [-0.1, -0.05) is 0 Å². The molecule has 1 unspecified atom stereocenters. The van der Waals surface area contributed by atoms with Gasteiger partial charge in [-0.2, -0.15) is 0 Å². The molecule has 0 aliphatic carbocycles. The first kappa shape index (κ1) is 17.8. The molecule has 6 heteroatoms. The van der Waals surface area contributed by atoms with Crippen molar-refractivity contribution in [2.45, 2.75) is 58.6 Å². The Morgan fingerprint density at radius 1 is 1.29 bits per heavy atom. The minimum atomic E-state index is -0.728. The lowest BCUT2D eigenvalue weighted by Crippen LogP contribution is -2.53. The average molecular weight is 299 g/mol. The second-order valence-corrected chi connectivity index (χ2v) is 7.30. The van der Waals surface area contributed by atoms with Crippen LogP contribution in [0.15, 0.2) is 0 Å². The zero-order chi connectivity index (χ0) is 16.3. The Morgan fingerprint density at radius 3 is 2.43 bits per heavy atom. The summed E-state index contributed by atoms with van der Waals surface area (Å²) in [7, 11) is 0. The molecule has 0 radical (unpaired) electrons. The van der Waals surface area contributed by atoms with Crippen molar-refractivity contribution >= 4 is 12.0 Å². The smallest absolute Gasteiger partial charge is 0.410 e. The predicted octanol–water partition coefficient (Wildman–Crippen LogP) is 1.49. The first-order chi connectivity index (χ1) is 9.51. The SMILES string of the molecule is CC(C)(C)OC(=O)N1CCCC(CNC(C)(C)C(N)=O)C1. The maximum absolute atomic E-state index is 12.1. The second kappa shape index (κ2) is 6.64. The Morgan fingerprint density at radius 2 is 1.90 bits per heavy atom. The average Bonchev–Trinajstić information content (AvgIpc) is 2.34. The lowest BCUT2D eigenvalue weighted by atomic mass is 9.96. The number of nitrogens with one attached hydrogen (secondary N) is 1. The van der Waals surface area contributed by atoms with Crippen LogP contribution in [0.1, 0.15) is 47.5 Å². The number of ether oxygens (including phenoxy) is 1. The molecule has 0 bridgehead atoms. The number of likely N-dealkylation sites (tertiary alicyclic amines) is 1. The van der Waals surface area contributed by atoms with E-state index in [2.05, 4.69) is 5.32 Å². The maximum Gasteiger partial charge on any atom is 0.410 e. The quantitative estimate of drug-likeness (QED) is 0.823. The van der Waals surface area contributed by atoms with Crippen LogP contribution < -0.4 is 11.1 Å². The predicted molar refractivity (Wildman–Crippen MR) is 81.8 cm³/mol. The van der Waals surface area contributed by atoms with Crippen molar-refractivity contribution in [1.29, 1.82) is 0 Å². The second-order valence-electron chi connectivity index (χ2n) is 7.30. The van der Waals surface area contributed by atoms with Crippen molar-refractivity contribution in [2.75, 3.05) is 19.6 Å². The molecule has 0 saturated carbocycles. The molecular weight excluding hydrogens is 270 g/mol. The summed E-state index contributed by atoms with van der Waals surface area (Å²) in [6.45, 7) is 11.2. The molecule has 0 aromatic heterocycles. The van der Waals surface area contributed by atoms with E-state index in [1.54, 1.807) is 18.7 Å². The molecule has 6 nitrogen and oxygen atoms in total. The topological polar surface area (TPSA) is 84.7 Å². The number of amides is 2. The minimum Gasteiger partial charge on any atom is -0.444 e. The molecule has 0 spiro atoms. The fourth-order valence-electron chi connectivity index (χ4n) is 2.21. The number of nitrogens with two attached hydrogens (primary N) is 1. The van der Waals surface area contributed by atoms with E-state index in [9.17, 15) is 9.59 Å². The van der Waals surface area contributed by atoms with Gasteiger partial charge in [0.15, 0.2) is 0 Å². The molecule has 0 aromatic carbocycles. The summed E-state index contributed by atoms with van der Waals surface area (Å²) >= 11 is 0. The van der Waals surface area contributed by atoms with Gasteiger partial charge < -0.3 is 20.7 Å². The monoisotopic (exact) mass is 299 g/mol. The van der Waals surface area contributed by atoms with Gasteiger partial charge in [-0.3, -0.25) is 4.79 Å². The van der Waals surface area contributed by atoms with Gasteiger partial charge >= 0.3 is 6.09 Å². The number of primary amides is 1. The number of hydrogen-bond donors (Lipinski definition) is 2. The molecule has 1 rings (SSSR count). The molecule has 1 saturated heterocycles. The number of hydrogen-bond acceptors (Lipinski definition) is 4. The molecule has 1 aliphatic heterocycles. The van der Waals surface area contributed by atoms with Crippen molar-refractivity contribution < 1.29 is 14.3 Å². The Bertz CT molecular complexity index is 388.